The van der Waals surface area contributed by atoms with Gasteiger partial charge in [0.05, 0.1) is 12.2 Å². The van der Waals surface area contributed by atoms with E-state index >= 15 is 0 Å². The lowest BCUT2D eigenvalue weighted by atomic mass is 9.94. The Morgan fingerprint density at radius 3 is 2.50 bits per heavy atom. The molecule has 0 fully saturated rings. The van der Waals surface area contributed by atoms with E-state index in [1.807, 2.05) is 0 Å². The summed E-state index contributed by atoms with van der Waals surface area (Å²) in [5.74, 6) is 0. The number of nitrogens with zero attached hydrogens (tertiary/aromatic N) is 1. The first-order valence-electron chi connectivity index (χ1n) is 4.52. The van der Waals surface area contributed by atoms with Crippen molar-refractivity contribution >= 4 is 0 Å². The third kappa shape index (κ3) is 2.70. The normalized spacial score (nSPS) is 15.9. The van der Waals surface area contributed by atoms with Crippen LogP contribution in [0.1, 0.15) is 18.1 Å². The zero-order valence-corrected chi connectivity index (χ0v) is 8.88. The van der Waals surface area contributed by atoms with Crippen molar-refractivity contribution in [1.82, 2.24) is 4.98 Å². The van der Waals surface area contributed by atoms with Crippen molar-refractivity contribution in [3.63, 3.8) is 0 Å². The highest BCUT2D eigenvalue weighted by Gasteiger charge is 2.38. The molecule has 0 spiro atoms. The molecule has 0 aliphatic heterocycles. The second kappa shape index (κ2) is 4.39. The lowest BCUT2D eigenvalue weighted by Crippen LogP contribution is -2.30. The van der Waals surface area contributed by atoms with E-state index in [2.05, 4.69) is 9.72 Å². The minimum atomic E-state index is -4.52. The van der Waals surface area contributed by atoms with Crippen molar-refractivity contribution in [3.05, 3.63) is 29.6 Å². The van der Waals surface area contributed by atoms with E-state index < -0.39 is 17.3 Å². The molecule has 0 aliphatic rings. The van der Waals surface area contributed by atoms with Crippen LogP contribution >= 0.6 is 0 Å². The molecule has 1 atom stereocenters. The molecule has 1 rings (SSSR count). The molecule has 0 aromatic carbocycles. The fourth-order valence-corrected chi connectivity index (χ4v) is 1.43. The summed E-state index contributed by atoms with van der Waals surface area (Å²) in [5.41, 5.74) is -2.90. The van der Waals surface area contributed by atoms with Crippen LogP contribution in [0.15, 0.2) is 18.5 Å². The first kappa shape index (κ1) is 12.9. The van der Waals surface area contributed by atoms with E-state index in [9.17, 15) is 18.3 Å². The zero-order chi connectivity index (χ0) is 12.4. The summed E-state index contributed by atoms with van der Waals surface area (Å²) in [6.45, 7) is 1.02. The van der Waals surface area contributed by atoms with Crippen molar-refractivity contribution in [1.29, 1.82) is 0 Å². The number of rotatable bonds is 3. The Hall–Kier alpha value is -1.14. The van der Waals surface area contributed by atoms with E-state index in [0.29, 0.717) is 0 Å². The topological polar surface area (TPSA) is 42.4 Å². The first-order chi connectivity index (χ1) is 7.29. The van der Waals surface area contributed by atoms with E-state index in [1.54, 1.807) is 0 Å². The van der Waals surface area contributed by atoms with Crippen LogP contribution in [-0.4, -0.2) is 23.8 Å². The molecule has 1 unspecified atom stereocenters. The average Bonchev–Trinajstić information content (AvgIpc) is 2.16. The Bertz CT molecular complexity index is 363. The van der Waals surface area contributed by atoms with Crippen LogP contribution in [0.25, 0.3) is 0 Å². The Morgan fingerprint density at radius 1 is 1.38 bits per heavy atom. The van der Waals surface area contributed by atoms with Gasteiger partial charge in [-0.15, -0.1) is 0 Å². The van der Waals surface area contributed by atoms with Crippen LogP contribution in [0.4, 0.5) is 13.2 Å². The van der Waals surface area contributed by atoms with Gasteiger partial charge in [0.2, 0.25) is 0 Å². The van der Waals surface area contributed by atoms with Gasteiger partial charge in [-0.05, 0) is 13.0 Å². The molecule has 3 nitrogen and oxygen atoms in total. The van der Waals surface area contributed by atoms with Gasteiger partial charge in [0.15, 0.2) is 0 Å². The average molecular weight is 235 g/mol. The van der Waals surface area contributed by atoms with Crippen LogP contribution in [0.5, 0.6) is 0 Å². The number of halogens is 3. The number of methoxy groups -OCH3 is 1. The Labute approximate surface area is 90.9 Å². The summed E-state index contributed by atoms with van der Waals surface area (Å²) in [6.07, 6.45) is -2.48. The summed E-state index contributed by atoms with van der Waals surface area (Å²) in [5, 5.41) is 9.86. The molecule has 1 aromatic heterocycles. The van der Waals surface area contributed by atoms with Crippen molar-refractivity contribution in [2.75, 3.05) is 13.7 Å². The SMILES string of the molecule is COCC(C)(O)c1cnccc1C(F)(F)F. The largest absolute Gasteiger partial charge is 0.416 e. The summed E-state index contributed by atoms with van der Waals surface area (Å²) in [6, 6.07) is 0.833. The second-order valence-electron chi connectivity index (χ2n) is 3.63. The van der Waals surface area contributed by atoms with Gasteiger partial charge >= 0.3 is 6.18 Å². The van der Waals surface area contributed by atoms with Crippen molar-refractivity contribution in [3.8, 4) is 0 Å². The molecule has 0 bridgehead atoms. The molecule has 1 N–H and O–H groups in total. The maximum absolute atomic E-state index is 12.6. The van der Waals surface area contributed by atoms with Gasteiger partial charge in [-0.1, -0.05) is 0 Å². The predicted octanol–water partition coefficient (Wildman–Crippen LogP) is 1.95. The molecular formula is C10H12F3NO2. The number of alkyl halides is 3. The molecule has 0 aliphatic carbocycles. The Kier molecular flexibility index (Phi) is 3.54. The lowest BCUT2D eigenvalue weighted by molar-refractivity contribution is -0.141. The summed E-state index contributed by atoms with van der Waals surface area (Å²) in [7, 11) is 1.30. The quantitative estimate of drug-likeness (QED) is 0.870. The van der Waals surface area contributed by atoms with Crippen LogP contribution in [0.2, 0.25) is 0 Å². The third-order valence-electron chi connectivity index (χ3n) is 2.13. The van der Waals surface area contributed by atoms with Crippen LogP contribution < -0.4 is 0 Å². The van der Waals surface area contributed by atoms with Crippen molar-refractivity contribution in [2.24, 2.45) is 0 Å². The molecule has 16 heavy (non-hydrogen) atoms. The standard InChI is InChI=1S/C10H12F3NO2/c1-9(15,6-16-2)8-5-14-4-3-7(8)10(11,12)13/h3-5,15H,6H2,1-2H3. The molecule has 0 saturated heterocycles. The fourth-order valence-electron chi connectivity index (χ4n) is 1.43. The number of hydrogen-bond donors (Lipinski definition) is 1. The minimum absolute atomic E-state index is 0.234. The Balaban J connectivity index is 3.23. The second-order valence-corrected chi connectivity index (χ2v) is 3.63. The highest BCUT2D eigenvalue weighted by atomic mass is 19.4. The number of hydrogen-bond acceptors (Lipinski definition) is 3. The van der Waals surface area contributed by atoms with E-state index in [0.717, 1.165) is 18.5 Å². The van der Waals surface area contributed by atoms with Crippen molar-refractivity contribution < 1.29 is 23.0 Å². The van der Waals surface area contributed by atoms with Crippen LogP contribution in [0, 0.1) is 0 Å². The van der Waals surface area contributed by atoms with Gasteiger partial charge in [-0.25, -0.2) is 0 Å². The first-order valence-corrected chi connectivity index (χ1v) is 4.52. The highest BCUT2D eigenvalue weighted by Crippen LogP contribution is 2.36. The fraction of sp³-hybridized carbons (Fsp3) is 0.500. The highest BCUT2D eigenvalue weighted by molar-refractivity contribution is 5.31. The predicted molar refractivity (Wildman–Crippen MR) is 50.7 cm³/mol. The maximum Gasteiger partial charge on any atom is 0.416 e. The van der Waals surface area contributed by atoms with E-state index in [-0.39, 0.29) is 12.2 Å². The smallest absolute Gasteiger partial charge is 0.383 e. The van der Waals surface area contributed by atoms with Gasteiger partial charge in [0.25, 0.3) is 0 Å². The van der Waals surface area contributed by atoms with Crippen LogP contribution in [0.3, 0.4) is 0 Å². The molecule has 0 saturated carbocycles. The molecule has 1 aromatic rings. The zero-order valence-electron chi connectivity index (χ0n) is 8.88. The van der Waals surface area contributed by atoms with Gasteiger partial charge in [0.1, 0.15) is 5.60 Å². The molecule has 6 heteroatoms. The molecule has 1 heterocycles. The molecule has 0 radical (unpaired) electrons. The van der Waals surface area contributed by atoms with Gasteiger partial charge in [-0.3, -0.25) is 4.98 Å². The van der Waals surface area contributed by atoms with E-state index in [4.69, 9.17) is 0 Å². The number of pyridine rings is 1. The van der Waals surface area contributed by atoms with Gasteiger partial charge in [-0.2, -0.15) is 13.2 Å². The summed E-state index contributed by atoms with van der Waals surface area (Å²) >= 11 is 0. The van der Waals surface area contributed by atoms with Gasteiger partial charge in [0, 0.05) is 25.1 Å². The molecule has 0 amide bonds. The minimum Gasteiger partial charge on any atom is -0.383 e. The van der Waals surface area contributed by atoms with Crippen molar-refractivity contribution in [2.45, 2.75) is 18.7 Å². The monoisotopic (exact) mass is 235 g/mol. The summed E-state index contributed by atoms with van der Waals surface area (Å²) in [4.78, 5) is 3.59. The number of aliphatic hydroxyl groups is 1. The molecule has 90 valence electrons. The Morgan fingerprint density at radius 2 is 2.00 bits per heavy atom. The lowest BCUT2D eigenvalue weighted by Gasteiger charge is -2.25. The maximum atomic E-state index is 12.6. The number of ether oxygens (including phenoxy) is 1. The molecular weight excluding hydrogens is 223 g/mol. The third-order valence-corrected chi connectivity index (χ3v) is 2.13. The van der Waals surface area contributed by atoms with Gasteiger partial charge < -0.3 is 9.84 Å². The number of aromatic nitrogens is 1. The van der Waals surface area contributed by atoms with E-state index in [1.165, 1.54) is 14.0 Å². The summed E-state index contributed by atoms with van der Waals surface area (Å²) < 4.78 is 42.6. The van der Waals surface area contributed by atoms with Crippen LogP contribution in [-0.2, 0) is 16.5 Å².